The number of anilines is 1. The number of aromatic nitrogens is 1. The van der Waals surface area contributed by atoms with Crippen LogP contribution >= 0.6 is 27.5 Å². The fraction of sp³-hybridized carbons (Fsp3) is 0.167. The van der Waals surface area contributed by atoms with Gasteiger partial charge in [-0.1, -0.05) is 27.5 Å². The molecule has 0 aliphatic carbocycles. The average Bonchev–Trinajstić information content (AvgIpc) is 1.85. The van der Waals surface area contributed by atoms with Crippen molar-refractivity contribution in [2.75, 3.05) is 5.73 Å². The molecular weight excluding hydrogens is 215 g/mol. The lowest BCUT2D eigenvalue weighted by molar-refractivity contribution is 1.19. The molecule has 1 aromatic heterocycles. The van der Waals surface area contributed by atoms with Crippen molar-refractivity contribution in [1.82, 2.24) is 4.98 Å². The van der Waals surface area contributed by atoms with Crippen molar-refractivity contribution in [3.05, 3.63) is 23.0 Å². The van der Waals surface area contributed by atoms with Gasteiger partial charge < -0.3 is 5.73 Å². The molecule has 4 heteroatoms. The maximum Gasteiger partial charge on any atom is 0.131 e. The smallest absolute Gasteiger partial charge is 0.131 e. The number of nitrogens with two attached hydrogens (primary N) is 1. The molecule has 0 unspecified atom stereocenters. The molecule has 0 fully saturated rings. The third-order valence-electron chi connectivity index (χ3n) is 1.01. The van der Waals surface area contributed by atoms with Gasteiger partial charge in [0.05, 0.1) is 5.69 Å². The second kappa shape index (κ2) is 3.21. The second-order valence-corrected chi connectivity index (χ2v) is 2.80. The molecule has 0 radical (unpaired) electrons. The molecule has 10 heavy (non-hydrogen) atoms. The molecule has 0 bridgehead atoms. The van der Waals surface area contributed by atoms with Crippen LogP contribution in [-0.4, -0.2) is 4.98 Å². The molecule has 0 aliphatic rings. The standard InChI is InChI=1S/C6H6BrClN2/c7-3-5-1-4(9)2-6(8)10-5/h1-2H,3H2,(H2,9,10). The Morgan fingerprint density at radius 3 is 2.80 bits per heavy atom. The SMILES string of the molecule is Nc1cc(Cl)nc(CBr)c1. The zero-order chi connectivity index (χ0) is 7.56. The zero-order valence-electron chi connectivity index (χ0n) is 5.14. The van der Waals surface area contributed by atoms with Gasteiger partial charge in [0.1, 0.15) is 5.15 Å². The van der Waals surface area contributed by atoms with Crippen LogP contribution in [0, 0.1) is 0 Å². The van der Waals surface area contributed by atoms with Crippen molar-refractivity contribution in [1.29, 1.82) is 0 Å². The average molecular weight is 221 g/mol. The number of hydrogen-bond acceptors (Lipinski definition) is 2. The molecule has 0 spiro atoms. The van der Waals surface area contributed by atoms with E-state index in [1.807, 2.05) is 0 Å². The highest BCUT2D eigenvalue weighted by Crippen LogP contribution is 2.13. The summed E-state index contributed by atoms with van der Waals surface area (Å²) in [5.74, 6) is 0. The lowest BCUT2D eigenvalue weighted by Gasteiger charge is -1.97. The van der Waals surface area contributed by atoms with Crippen LogP contribution < -0.4 is 5.73 Å². The molecule has 0 saturated heterocycles. The summed E-state index contributed by atoms with van der Waals surface area (Å²) in [6.45, 7) is 0. The van der Waals surface area contributed by atoms with E-state index in [2.05, 4.69) is 20.9 Å². The van der Waals surface area contributed by atoms with E-state index in [1.165, 1.54) is 0 Å². The summed E-state index contributed by atoms with van der Waals surface area (Å²) in [6, 6.07) is 3.40. The Balaban J connectivity index is 3.06. The van der Waals surface area contributed by atoms with Gasteiger partial charge in [-0.25, -0.2) is 4.98 Å². The molecule has 2 N–H and O–H groups in total. The maximum absolute atomic E-state index is 5.62. The Labute approximate surface area is 72.5 Å². The van der Waals surface area contributed by atoms with Crippen LogP contribution in [0.4, 0.5) is 5.69 Å². The maximum atomic E-state index is 5.62. The van der Waals surface area contributed by atoms with Crippen LogP contribution in [0.5, 0.6) is 0 Å². The fourth-order valence-corrected chi connectivity index (χ4v) is 1.16. The first-order chi connectivity index (χ1) is 4.72. The summed E-state index contributed by atoms with van der Waals surface area (Å²) in [6.07, 6.45) is 0. The molecule has 1 rings (SSSR count). The summed E-state index contributed by atoms with van der Waals surface area (Å²) >= 11 is 8.87. The number of nitrogen functional groups attached to an aromatic ring is 1. The molecule has 2 nitrogen and oxygen atoms in total. The number of hydrogen-bond donors (Lipinski definition) is 1. The minimum Gasteiger partial charge on any atom is -0.399 e. The van der Waals surface area contributed by atoms with Gasteiger partial charge in [0, 0.05) is 11.0 Å². The largest absolute Gasteiger partial charge is 0.399 e. The Morgan fingerprint density at radius 2 is 2.30 bits per heavy atom. The summed E-state index contributed by atoms with van der Waals surface area (Å²) in [7, 11) is 0. The van der Waals surface area contributed by atoms with Gasteiger partial charge in [-0.05, 0) is 12.1 Å². The van der Waals surface area contributed by atoms with Crippen molar-refractivity contribution in [3.63, 3.8) is 0 Å². The van der Waals surface area contributed by atoms with Crippen molar-refractivity contribution in [2.24, 2.45) is 0 Å². The highest BCUT2D eigenvalue weighted by atomic mass is 79.9. The molecule has 1 heterocycles. The summed E-state index contributed by atoms with van der Waals surface area (Å²) < 4.78 is 0. The number of pyridine rings is 1. The van der Waals surface area contributed by atoms with Crippen LogP contribution in [0.2, 0.25) is 5.15 Å². The van der Waals surface area contributed by atoms with Gasteiger partial charge in [-0.15, -0.1) is 0 Å². The number of alkyl halides is 1. The van der Waals surface area contributed by atoms with Gasteiger partial charge >= 0.3 is 0 Å². The Kier molecular flexibility index (Phi) is 2.51. The third-order valence-corrected chi connectivity index (χ3v) is 1.77. The number of rotatable bonds is 1. The predicted octanol–water partition coefficient (Wildman–Crippen LogP) is 2.21. The Morgan fingerprint density at radius 1 is 1.60 bits per heavy atom. The summed E-state index contributed by atoms with van der Waals surface area (Å²) in [5.41, 5.74) is 6.99. The van der Waals surface area contributed by atoms with Crippen LogP contribution in [-0.2, 0) is 5.33 Å². The van der Waals surface area contributed by atoms with Crippen molar-refractivity contribution >= 4 is 33.2 Å². The monoisotopic (exact) mass is 220 g/mol. The normalized spacial score (nSPS) is 9.80. The predicted molar refractivity (Wildman–Crippen MR) is 46.3 cm³/mol. The van der Waals surface area contributed by atoms with Gasteiger partial charge in [0.2, 0.25) is 0 Å². The van der Waals surface area contributed by atoms with Crippen LogP contribution in [0.1, 0.15) is 5.69 Å². The van der Waals surface area contributed by atoms with E-state index in [0.717, 1.165) is 5.69 Å². The lowest BCUT2D eigenvalue weighted by atomic mass is 10.3. The minimum absolute atomic E-state index is 0.439. The lowest BCUT2D eigenvalue weighted by Crippen LogP contribution is -1.90. The van der Waals surface area contributed by atoms with Gasteiger partial charge in [-0.2, -0.15) is 0 Å². The zero-order valence-corrected chi connectivity index (χ0v) is 7.48. The molecular formula is C6H6BrClN2. The Bertz CT molecular complexity index is 219. The van der Waals surface area contributed by atoms with Crippen molar-refractivity contribution < 1.29 is 0 Å². The Hall–Kier alpha value is -0.280. The quantitative estimate of drug-likeness (QED) is 0.583. The van der Waals surface area contributed by atoms with Gasteiger partial charge in [0.15, 0.2) is 0 Å². The molecule has 0 amide bonds. The summed E-state index contributed by atoms with van der Waals surface area (Å²) in [5, 5.41) is 1.12. The molecule has 0 aromatic carbocycles. The number of halogens is 2. The molecule has 0 atom stereocenters. The third kappa shape index (κ3) is 1.85. The second-order valence-electron chi connectivity index (χ2n) is 1.85. The molecule has 1 aromatic rings. The number of nitrogens with zero attached hydrogens (tertiary/aromatic N) is 1. The first kappa shape index (κ1) is 7.82. The molecule has 0 aliphatic heterocycles. The van der Waals surface area contributed by atoms with E-state index < -0.39 is 0 Å². The first-order valence-electron chi connectivity index (χ1n) is 2.70. The van der Waals surface area contributed by atoms with E-state index in [-0.39, 0.29) is 0 Å². The van der Waals surface area contributed by atoms with E-state index in [1.54, 1.807) is 12.1 Å². The fourth-order valence-electron chi connectivity index (χ4n) is 0.642. The van der Waals surface area contributed by atoms with E-state index >= 15 is 0 Å². The topological polar surface area (TPSA) is 38.9 Å². The molecule has 54 valence electrons. The van der Waals surface area contributed by atoms with Crippen LogP contribution in [0.3, 0.4) is 0 Å². The van der Waals surface area contributed by atoms with Crippen molar-refractivity contribution in [3.8, 4) is 0 Å². The van der Waals surface area contributed by atoms with E-state index in [4.69, 9.17) is 17.3 Å². The highest BCUT2D eigenvalue weighted by Gasteiger charge is 1.95. The van der Waals surface area contributed by atoms with Gasteiger partial charge in [0.25, 0.3) is 0 Å². The van der Waals surface area contributed by atoms with Crippen LogP contribution in [0.25, 0.3) is 0 Å². The molecule has 0 saturated carbocycles. The summed E-state index contributed by atoms with van der Waals surface area (Å²) in [4.78, 5) is 3.99. The first-order valence-corrected chi connectivity index (χ1v) is 4.20. The minimum atomic E-state index is 0.439. The van der Waals surface area contributed by atoms with E-state index in [9.17, 15) is 0 Å². The van der Waals surface area contributed by atoms with Crippen LogP contribution in [0.15, 0.2) is 12.1 Å². The highest BCUT2D eigenvalue weighted by molar-refractivity contribution is 9.08. The van der Waals surface area contributed by atoms with E-state index in [0.29, 0.717) is 16.2 Å². The van der Waals surface area contributed by atoms with Crippen molar-refractivity contribution in [2.45, 2.75) is 5.33 Å². The van der Waals surface area contributed by atoms with Gasteiger partial charge in [-0.3, -0.25) is 0 Å².